The Hall–Kier alpha value is -2.10. The highest BCUT2D eigenvalue weighted by Gasteiger charge is 2.58. The van der Waals surface area contributed by atoms with Crippen molar-refractivity contribution in [1.82, 2.24) is 0 Å². The van der Waals surface area contributed by atoms with Crippen LogP contribution in [0.1, 0.15) is 45.4 Å². The van der Waals surface area contributed by atoms with Gasteiger partial charge in [-0.2, -0.15) is 0 Å². The molecular formula is C21H28O4. The summed E-state index contributed by atoms with van der Waals surface area (Å²) in [7, 11) is 0. The molecule has 2 aliphatic rings. The van der Waals surface area contributed by atoms with Crippen LogP contribution in [0.5, 0.6) is 0 Å². The lowest BCUT2D eigenvalue weighted by Crippen LogP contribution is -2.54. The number of rotatable bonds is 8. The molecule has 1 saturated heterocycles. The highest BCUT2D eigenvalue weighted by atomic mass is 16.7. The minimum Gasteiger partial charge on any atom is -0.448 e. The van der Waals surface area contributed by atoms with Crippen molar-refractivity contribution in [3.8, 4) is 0 Å². The van der Waals surface area contributed by atoms with Gasteiger partial charge in [-0.25, -0.2) is 9.59 Å². The first-order chi connectivity index (χ1) is 12.0. The summed E-state index contributed by atoms with van der Waals surface area (Å²) in [6.45, 7) is 9.04. The van der Waals surface area contributed by atoms with Crippen LogP contribution in [0.15, 0.2) is 49.6 Å². The summed E-state index contributed by atoms with van der Waals surface area (Å²) in [5.74, 6) is -0.933. The van der Waals surface area contributed by atoms with Gasteiger partial charge in [-0.05, 0) is 44.9 Å². The Kier molecular flexibility index (Phi) is 6.80. The zero-order valence-electron chi connectivity index (χ0n) is 15.0. The van der Waals surface area contributed by atoms with Crippen LogP contribution in [-0.4, -0.2) is 23.6 Å². The number of carbonyl (C=O) groups excluding carboxylic acids is 2. The molecule has 4 nitrogen and oxygen atoms in total. The molecule has 1 heterocycles. The second-order valence-corrected chi connectivity index (χ2v) is 6.74. The van der Waals surface area contributed by atoms with Crippen molar-refractivity contribution in [2.24, 2.45) is 11.8 Å². The van der Waals surface area contributed by atoms with E-state index in [4.69, 9.17) is 9.47 Å². The smallest absolute Gasteiger partial charge is 0.352 e. The van der Waals surface area contributed by atoms with Crippen molar-refractivity contribution < 1.29 is 19.1 Å². The largest absolute Gasteiger partial charge is 0.448 e. The fourth-order valence-electron chi connectivity index (χ4n) is 3.47. The molecule has 136 valence electrons. The van der Waals surface area contributed by atoms with Crippen LogP contribution in [0.2, 0.25) is 0 Å². The van der Waals surface area contributed by atoms with E-state index in [0.29, 0.717) is 6.42 Å². The number of unbranched alkanes of at least 4 members (excludes halogenated alkanes) is 2. The predicted octanol–water partition coefficient (Wildman–Crippen LogP) is 4.28. The molecule has 0 N–H and O–H groups in total. The van der Waals surface area contributed by atoms with Crippen LogP contribution in [0.25, 0.3) is 0 Å². The van der Waals surface area contributed by atoms with E-state index >= 15 is 0 Å². The van der Waals surface area contributed by atoms with Gasteiger partial charge >= 0.3 is 11.9 Å². The average molecular weight is 344 g/mol. The van der Waals surface area contributed by atoms with Gasteiger partial charge in [0.15, 0.2) is 6.10 Å². The number of cyclic esters (lactones) is 1. The Morgan fingerprint density at radius 3 is 2.48 bits per heavy atom. The monoisotopic (exact) mass is 344 g/mol. The Morgan fingerprint density at radius 1 is 1.12 bits per heavy atom. The number of allylic oxidation sites excluding steroid dienone is 5. The van der Waals surface area contributed by atoms with E-state index in [1.54, 1.807) is 6.08 Å². The highest BCUT2D eigenvalue weighted by Crippen LogP contribution is 2.46. The standard InChI is InChI=1S/C21H28O4/c1-4-6-7-8-9-10-11-12-13-17-14-18(5-2)21(15-17)20(23)24-16(3)19(22)25-21/h4-5,8-9,12-13,16-18H,1-2,6-7,10-11,14-15H2,3H3/b9-8+,13-12+/t16-,17?,18?,21+/m0/s1. The quantitative estimate of drug-likeness (QED) is 0.374. The first-order valence-electron chi connectivity index (χ1n) is 9.02. The van der Waals surface area contributed by atoms with Crippen LogP contribution >= 0.6 is 0 Å². The second kappa shape index (κ2) is 8.84. The summed E-state index contributed by atoms with van der Waals surface area (Å²) in [4.78, 5) is 24.3. The molecule has 1 saturated carbocycles. The summed E-state index contributed by atoms with van der Waals surface area (Å²) < 4.78 is 10.7. The van der Waals surface area contributed by atoms with E-state index in [9.17, 15) is 9.59 Å². The normalized spacial score (nSPS) is 32.3. The van der Waals surface area contributed by atoms with Gasteiger partial charge in [-0.1, -0.05) is 36.5 Å². The molecule has 2 rings (SSSR count). The van der Waals surface area contributed by atoms with E-state index in [1.165, 1.54) is 6.92 Å². The lowest BCUT2D eigenvalue weighted by atomic mass is 9.89. The Bertz CT molecular complexity index is 574. The average Bonchev–Trinajstić information content (AvgIpc) is 2.94. The predicted molar refractivity (Wildman–Crippen MR) is 97.7 cm³/mol. The molecule has 2 unspecified atom stereocenters. The molecule has 0 aromatic carbocycles. The van der Waals surface area contributed by atoms with Gasteiger partial charge in [-0.15, -0.1) is 13.2 Å². The van der Waals surface area contributed by atoms with Gasteiger partial charge in [0, 0.05) is 12.3 Å². The zero-order chi connectivity index (χ0) is 18.3. The third-order valence-corrected chi connectivity index (χ3v) is 4.86. The number of esters is 2. The van der Waals surface area contributed by atoms with Crippen LogP contribution in [0.4, 0.5) is 0 Å². The SMILES string of the molecule is C=CCC/C=C/CC/C=C/C1CC(C=C)[C@@]2(C1)OC(=O)[C@H](C)OC2=O. The molecule has 1 aliphatic heterocycles. The summed E-state index contributed by atoms with van der Waals surface area (Å²) in [5.41, 5.74) is -1.19. The molecule has 0 amide bonds. The van der Waals surface area contributed by atoms with Crippen molar-refractivity contribution in [3.05, 3.63) is 49.6 Å². The molecule has 2 fully saturated rings. The topological polar surface area (TPSA) is 52.6 Å². The zero-order valence-corrected chi connectivity index (χ0v) is 15.0. The fraction of sp³-hybridized carbons (Fsp3) is 0.524. The number of ether oxygens (including phenoxy) is 2. The maximum atomic E-state index is 12.4. The number of hydrogen-bond donors (Lipinski definition) is 0. The summed E-state index contributed by atoms with van der Waals surface area (Å²) in [5, 5.41) is 0. The molecular weight excluding hydrogens is 316 g/mol. The maximum absolute atomic E-state index is 12.4. The van der Waals surface area contributed by atoms with Crippen molar-refractivity contribution in [2.45, 2.75) is 57.2 Å². The van der Waals surface area contributed by atoms with Crippen LogP contribution in [0.3, 0.4) is 0 Å². The summed E-state index contributed by atoms with van der Waals surface area (Å²) in [6, 6.07) is 0. The molecule has 0 aromatic rings. The fourth-order valence-corrected chi connectivity index (χ4v) is 3.47. The maximum Gasteiger partial charge on any atom is 0.352 e. The van der Waals surface area contributed by atoms with E-state index in [0.717, 1.165) is 32.1 Å². The number of carbonyl (C=O) groups is 2. The van der Waals surface area contributed by atoms with Gasteiger partial charge in [0.05, 0.1) is 0 Å². The molecule has 25 heavy (non-hydrogen) atoms. The highest BCUT2D eigenvalue weighted by molar-refractivity contribution is 5.91. The van der Waals surface area contributed by atoms with Gasteiger partial charge in [-0.3, -0.25) is 0 Å². The molecule has 4 heteroatoms. The van der Waals surface area contributed by atoms with Gasteiger partial charge in [0.1, 0.15) is 0 Å². The first kappa shape index (κ1) is 19.2. The van der Waals surface area contributed by atoms with E-state index < -0.39 is 23.6 Å². The first-order valence-corrected chi connectivity index (χ1v) is 9.02. The number of hydrogen-bond acceptors (Lipinski definition) is 4. The third-order valence-electron chi connectivity index (χ3n) is 4.86. The Morgan fingerprint density at radius 2 is 1.80 bits per heavy atom. The van der Waals surface area contributed by atoms with Crippen molar-refractivity contribution in [1.29, 1.82) is 0 Å². The summed E-state index contributed by atoms with van der Waals surface area (Å²) >= 11 is 0. The molecule has 1 aliphatic carbocycles. The molecule has 0 bridgehead atoms. The molecule has 0 radical (unpaired) electrons. The Labute approximate surface area is 150 Å². The second-order valence-electron chi connectivity index (χ2n) is 6.74. The summed E-state index contributed by atoms with van der Waals surface area (Å²) in [6.07, 6.45) is 16.6. The molecule has 1 spiro atoms. The molecule has 4 atom stereocenters. The van der Waals surface area contributed by atoms with E-state index in [1.807, 2.05) is 6.08 Å². The minimum absolute atomic E-state index is 0.182. The van der Waals surface area contributed by atoms with Gasteiger partial charge < -0.3 is 9.47 Å². The minimum atomic E-state index is -1.19. The van der Waals surface area contributed by atoms with Crippen molar-refractivity contribution >= 4 is 11.9 Å². The van der Waals surface area contributed by atoms with E-state index in [2.05, 4.69) is 37.5 Å². The van der Waals surface area contributed by atoms with Crippen LogP contribution < -0.4 is 0 Å². The van der Waals surface area contributed by atoms with Crippen LogP contribution in [-0.2, 0) is 19.1 Å². The lowest BCUT2D eigenvalue weighted by Gasteiger charge is -2.36. The lowest BCUT2D eigenvalue weighted by molar-refractivity contribution is -0.212. The van der Waals surface area contributed by atoms with Gasteiger partial charge in [0.2, 0.25) is 5.60 Å². The van der Waals surface area contributed by atoms with Crippen molar-refractivity contribution in [3.63, 3.8) is 0 Å². The van der Waals surface area contributed by atoms with E-state index in [-0.39, 0.29) is 11.8 Å². The molecule has 0 aromatic heterocycles. The Balaban J connectivity index is 1.90. The van der Waals surface area contributed by atoms with Crippen molar-refractivity contribution in [2.75, 3.05) is 0 Å². The van der Waals surface area contributed by atoms with Crippen LogP contribution in [0, 0.1) is 11.8 Å². The van der Waals surface area contributed by atoms with Gasteiger partial charge in [0.25, 0.3) is 0 Å². The third kappa shape index (κ3) is 4.50.